The van der Waals surface area contributed by atoms with Crippen molar-refractivity contribution >= 4 is 29.0 Å². The van der Waals surface area contributed by atoms with E-state index in [0.717, 1.165) is 25.7 Å². The van der Waals surface area contributed by atoms with Crippen molar-refractivity contribution in [2.75, 3.05) is 0 Å². The van der Waals surface area contributed by atoms with Gasteiger partial charge in [0.15, 0.2) is 0 Å². The number of aryl methyl sites for hydroxylation is 2. The molecule has 0 radical (unpaired) electrons. The molecule has 0 bridgehead atoms. The third-order valence-corrected chi connectivity index (χ3v) is 8.49. The Balaban J connectivity index is 0.000000723. The first kappa shape index (κ1) is 46.0. The molecule has 4 aliphatic carbocycles. The minimum absolute atomic E-state index is 0. The van der Waals surface area contributed by atoms with Gasteiger partial charge in [0, 0.05) is 0 Å². The van der Waals surface area contributed by atoms with Gasteiger partial charge in [0.25, 0.3) is 0 Å². The summed E-state index contributed by atoms with van der Waals surface area (Å²) in [6.07, 6.45) is 32.9. The molecule has 0 unspecified atom stereocenters. The van der Waals surface area contributed by atoms with E-state index in [1.807, 2.05) is 12.2 Å². The Kier molecular flexibility index (Phi) is 21.7. The van der Waals surface area contributed by atoms with Crippen molar-refractivity contribution < 1.29 is 24.2 Å². The average molecular weight is 763 g/mol. The van der Waals surface area contributed by atoms with Crippen LogP contribution in [0.25, 0.3) is 11.1 Å². The Labute approximate surface area is 323 Å². The molecule has 0 N–H and O–H groups in total. The molecule has 0 fully saturated rings. The molecule has 262 valence electrons. The third-order valence-electron chi connectivity index (χ3n) is 8.49. The molecular weight excluding hydrogens is 703 g/mol. The van der Waals surface area contributed by atoms with Crippen LogP contribution < -0.4 is 0 Å². The van der Waals surface area contributed by atoms with E-state index in [4.69, 9.17) is 0 Å². The van der Waals surface area contributed by atoms with E-state index in [2.05, 4.69) is 158 Å². The van der Waals surface area contributed by atoms with Gasteiger partial charge < -0.3 is 0 Å². The van der Waals surface area contributed by atoms with Crippen LogP contribution in [-0.4, -0.2) is 4.21 Å². The van der Waals surface area contributed by atoms with Gasteiger partial charge in [0.2, 0.25) is 0 Å². The third kappa shape index (κ3) is 14.4. The molecule has 3 heteroatoms. The van der Waals surface area contributed by atoms with Gasteiger partial charge in [-0.3, -0.25) is 6.08 Å². The predicted octanol–water partition coefficient (Wildman–Crippen LogP) is 13.4. The van der Waals surface area contributed by atoms with Gasteiger partial charge >= 0.3 is 28.4 Å². The molecule has 0 aliphatic heterocycles. The summed E-state index contributed by atoms with van der Waals surface area (Å²) in [6.45, 7) is 22.6. The Bertz CT molecular complexity index is 1330. The van der Waals surface area contributed by atoms with Gasteiger partial charge in [-0.05, 0) is 35.4 Å². The number of hydrogen-bond acceptors (Lipinski definition) is 0. The maximum absolute atomic E-state index is 3.69. The van der Waals surface area contributed by atoms with Crippen LogP contribution in [0.5, 0.6) is 0 Å². The van der Waals surface area contributed by atoms with Crippen LogP contribution in [0.1, 0.15) is 121 Å². The fourth-order valence-corrected chi connectivity index (χ4v) is 6.00. The Morgan fingerprint density at radius 3 is 1.58 bits per heavy atom. The second-order valence-corrected chi connectivity index (χ2v) is 14.2. The molecule has 0 amide bonds. The normalized spacial score (nSPS) is 14.4. The van der Waals surface area contributed by atoms with E-state index >= 15 is 0 Å². The van der Waals surface area contributed by atoms with Crippen molar-refractivity contribution in [2.45, 2.75) is 119 Å². The monoisotopic (exact) mass is 760 g/mol. The van der Waals surface area contributed by atoms with Gasteiger partial charge in [-0.1, -0.05) is 98.3 Å². The quantitative estimate of drug-likeness (QED) is 0.228. The summed E-state index contributed by atoms with van der Waals surface area (Å²) in [6, 6.07) is 10.9. The summed E-state index contributed by atoms with van der Waals surface area (Å²) in [5.74, 6) is 3.07. The molecule has 6 rings (SSSR count). The molecule has 2 aromatic rings. The van der Waals surface area contributed by atoms with Gasteiger partial charge in [-0.15, -0.1) is 85.1 Å². The molecule has 0 saturated carbocycles. The summed E-state index contributed by atoms with van der Waals surface area (Å²) in [5, 5.41) is 0. The van der Waals surface area contributed by atoms with Crippen LogP contribution in [0.2, 0.25) is 0 Å². The fourth-order valence-electron chi connectivity index (χ4n) is 6.00. The molecule has 0 aromatic heterocycles. The van der Waals surface area contributed by atoms with Gasteiger partial charge in [-0.2, -0.15) is 23.8 Å². The van der Waals surface area contributed by atoms with Crippen LogP contribution in [0, 0.1) is 37.8 Å². The first-order valence-electron chi connectivity index (χ1n) is 17.0. The standard InChI is InChI=1S/C23H29.2C8H11.C5H5.CH2.2ClH.Zr/c1-14-9-16-11-17-10-15(2)21(23(6,7)8)13-19(17)18(16)12-20(14)22(3,4)5;2*1-2-8-6-4-3-5-7-8;1-2-4-5-3-1;;;;/h9,12-13H,11H2,1-8H3;2*3-6H,2,7H2,1H3;1-3H,4H2;1H2;2*1H;/q4*-1;;;;. The molecule has 48 heavy (non-hydrogen) atoms. The summed E-state index contributed by atoms with van der Waals surface area (Å²) >= 11 is 1.30. The van der Waals surface area contributed by atoms with Crippen LogP contribution in [0.3, 0.4) is 0 Å². The van der Waals surface area contributed by atoms with Crippen molar-refractivity contribution in [3.8, 4) is 11.1 Å². The molecule has 0 saturated heterocycles. The molecule has 4 aliphatic rings. The van der Waals surface area contributed by atoms with Crippen LogP contribution in [-0.2, 0) is 41.5 Å². The number of benzene rings is 2. The van der Waals surface area contributed by atoms with Crippen LogP contribution in [0.4, 0.5) is 0 Å². The van der Waals surface area contributed by atoms with Gasteiger partial charge in [0.05, 0.1) is 0 Å². The van der Waals surface area contributed by atoms with E-state index in [9.17, 15) is 0 Å². The number of halogens is 2. The summed E-state index contributed by atoms with van der Waals surface area (Å²) < 4.78 is 3.34. The second-order valence-electron chi connectivity index (χ2n) is 14.2. The second kappa shape index (κ2) is 22.6. The minimum atomic E-state index is 0. The zero-order chi connectivity index (χ0) is 34.3. The van der Waals surface area contributed by atoms with Gasteiger partial charge in [0.1, 0.15) is 0 Å². The molecule has 0 nitrogen and oxygen atoms in total. The molecule has 0 atom stereocenters. The van der Waals surface area contributed by atoms with Gasteiger partial charge in [-0.25, -0.2) is 48.3 Å². The Morgan fingerprint density at radius 2 is 1.23 bits per heavy atom. The molecular formula is C45H60Cl2Zr-4. The average Bonchev–Trinajstić information content (AvgIpc) is 3.73. The summed E-state index contributed by atoms with van der Waals surface area (Å²) in [4.78, 5) is 0. The van der Waals surface area contributed by atoms with Crippen molar-refractivity contribution in [1.29, 1.82) is 0 Å². The van der Waals surface area contributed by atoms with Crippen molar-refractivity contribution in [1.82, 2.24) is 0 Å². The van der Waals surface area contributed by atoms with E-state index in [-0.39, 0.29) is 35.6 Å². The predicted molar refractivity (Wildman–Crippen MR) is 216 cm³/mol. The zero-order valence-electron chi connectivity index (χ0n) is 31.3. The van der Waals surface area contributed by atoms with Crippen molar-refractivity contribution in [3.63, 3.8) is 0 Å². The molecule has 0 heterocycles. The van der Waals surface area contributed by atoms with E-state index in [0.29, 0.717) is 0 Å². The first-order chi connectivity index (χ1) is 21.8. The fraction of sp³-hybridized carbons (Fsp3) is 0.400. The zero-order valence-corrected chi connectivity index (χ0v) is 35.4. The number of hydrogen-bond donors (Lipinski definition) is 0. The van der Waals surface area contributed by atoms with E-state index in [1.54, 1.807) is 0 Å². The topological polar surface area (TPSA) is 0 Å². The molecule has 2 aromatic carbocycles. The van der Waals surface area contributed by atoms with Crippen LogP contribution in [0.15, 0.2) is 85.0 Å². The molecule has 0 spiro atoms. The Hall–Kier alpha value is -2.05. The summed E-state index contributed by atoms with van der Waals surface area (Å²) in [7, 11) is 0. The number of rotatable bonds is 2. The Morgan fingerprint density at radius 1 is 0.708 bits per heavy atom. The summed E-state index contributed by atoms with van der Waals surface area (Å²) in [5.41, 5.74) is 11.6. The van der Waals surface area contributed by atoms with Crippen molar-refractivity contribution in [3.05, 3.63) is 142 Å². The number of allylic oxidation sites excluding steroid dienone is 12. The van der Waals surface area contributed by atoms with Crippen LogP contribution >= 0.6 is 24.8 Å². The number of fused-ring (bicyclic) bond motifs is 3. The van der Waals surface area contributed by atoms with E-state index in [1.165, 1.54) is 93.4 Å². The SMILES string of the molecule is CC[C-]1C=CC=CC1.CC[C-]1C=CC=CC1.Cc1[c-]c2c(cc1C(C)(C)C)-c1cc(C(C)(C)C)c(C)cc1C2.Cl.Cl.[C-]1=CC=CC1.[CH2]=[Zr]. The van der Waals surface area contributed by atoms with E-state index < -0.39 is 0 Å². The first-order valence-corrected chi connectivity index (χ1v) is 18.7. The van der Waals surface area contributed by atoms with Crippen molar-refractivity contribution in [2.24, 2.45) is 0 Å². The maximum atomic E-state index is 3.69.